The zero-order chi connectivity index (χ0) is 10.7. The number of carbonyl (C=O) groups excluding carboxylic acids is 2. The number of carbonyl (C=O) groups is 2. The van der Waals surface area contributed by atoms with Crippen molar-refractivity contribution in [3.63, 3.8) is 0 Å². The van der Waals surface area contributed by atoms with Crippen LogP contribution in [0.5, 0.6) is 0 Å². The Bertz CT molecular complexity index is 389. The number of anilines is 1. The van der Waals surface area contributed by atoms with Crippen molar-refractivity contribution in [2.24, 2.45) is 11.5 Å². The predicted molar refractivity (Wildman–Crippen MR) is 48.8 cm³/mol. The first-order valence-electron chi connectivity index (χ1n) is 3.88. The second kappa shape index (κ2) is 3.73. The monoisotopic (exact) mass is 195 g/mol. The van der Waals surface area contributed by atoms with E-state index in [-0.39, 0.29) is 12.1 Å². The number of primary amides is 2. The van der Waals surface area contributed by atoms with E-state index in [1.54, 1.807) is 0 Å². The van der Waals surface area contributed by atoms with Crippen molar-refractivity contribution in [2.75, 3.05) is 5.73 Å². The maximum absolute atomic E-state index is 10.8. The third-order valence-corrected chi connectivity index (χ3v) is 1.67. The van der Waals surface area contributed by atoms with E-state index in [0.29, 0.717) is 5.82 Å². The van der Waals surface area contributed by atoms with Crippen LogP contribution in [-0.4, -0.2) is 11.8 Å². The highest BCUT2D eigenvalue weighted by molar-refractivity contribution is 5.92. The fourth-order valence-corrected chi connectivity index (χ4v) is 1.01. The Morgan fingerprint density at radius 3 is 2.43 bits per heavy atom. The zero-order valence-electron chi connectivity index (χ0n) is 7.43. The number of aromatic nitrogens is 1. The number of pyridine rings is 1. The summed E-state index contributed by atoms with van der Waals surface area (Å²) in [7, 11) is 0. The topological polar surface area (TPSA) is 116 Å². The fraction of sp³-hybridized carbons (Fsp3) is 0.125. The highest BCUT2D eigenvalue weighted by Gasteiger charge is 2.10. The van der Waals surface area contributed by atoms with Gasteiger partial charge in [0.1, 0.15) is 6.20 Å². The summed E-state index contributed by atoms with van der Waals surface area (Å²) < 4.78 is 1.36. The smallest absolute Gasteiger partial charge is 0.272 e. The quantitative estimate of drug-likeness (QED) is 0.491. The predicted octanol–water partition coefficient (Wildman–Crippen LogP) is -1.86. The van der Waals surface area contributed by atoms with Crippen LogP contribution in [0.25, 0.3) is 0 Å². The number of amides is 2. The largest absolute Gasteiger partial charge is 0.366 e. The van der Waals surface area contributed by atoms with Crippen LogP contribution >= 0.6 is 0 Å². The molecule has 1 aromatic rings. The molecule has 0 saturated carbocycles. The Morgan fingerprint density at radius 1 is 1.29 bits per heavy atom. The number of hydrogen-bond acceptors (Lipinski definition) is 3. The summed E-state index contributed by atoms with van der Waals surface area (Å²) in [6, 6.07) is 2.97. The van der Waals surface area contributed by atoms with Crippen molar-refractivity contribution in [3.05, 3.63) is 23.9 Å². The molecule has 0 aliphatic heterocycles. The van der Waals surface area contributed by atoms with Gasteiger partial charge in [-0.05, 0) is 6.07 Å². The highest BCUT2D eigenvalue weighted by atomic mass is 16.1. The first-order chi connectivity index (χ1) is 6.50. The molecule has 1 heterocycles. The lowest BCUT2D eigenvalue weighted by atomic mass is 10.2. The van der Waals surface area contributed by atoms with Crippen LogP contribution in [0.4, 0.5) is 5.82 Å². The summed E-state index contributed by atoms with van der Waals surface area (Å²) in [4.78, 5) is 21.4. The van der Waals surface area contributed by atoms with E-state index in [9.17, 15) is 9.59 Å². The molecular weight excluding hydrogens is 184 g/mol. The van der Waals surface area contributed by atoms with Gasteiger partial charge in [0.05, 0.1) is 5.56 Å². The summed E-state index contributed by atoms with van der Waals surface area (Å²) in [5.74, 6) is -0.777. The minimum absolute atomic E-state index is 0.0764. The Labute approximate surface area is 80.3 Å². The molecule has 0 radical (unpaired) electrons. The van der Waals surface area contributed by atoms with Gasteiger partial charge in [0.25, 0.3) is 17.6 Å². The van der Waals surface area contributed by atoms with Crippen molar-refractivity contribution in [2.45, 2.75) is 6.54 Å². The molecule has 0 saturated heterocycles. The van der Waals surface area contributed by atoms with Gasteiger partial charge in [0.15, 0.2) is 6.54 Å². The molecule has 0 fully saturated rings. The number of hydrogen-bond donors (Lipinski definition) is 3. The van der Waals surface area contributed by atoms with Crippen molar-refractivity contribution >= 4 is 17.6 Å². The minimum Gasteiger partial charge on any atom is -0.366 e. The Morgan fingerprint density at radius 2 is 1.93 bits per heavy atom. The van der Waals surface area contributed by atoms with Gasteiger partial charge in [-0.25, -0.2) is 4.57 Å². The van der Waals surface area contributed by atoms with E-state index in [1.807, 2.05) is 0 Å². The van der Waals surface area contributed by atoms with Gasteiger partial charge >= 0.3 is 0 Å². The van der Waals surface area contributed by atoms with Crippen LogP contribution in [0.1, 0.15) is 10.4 Å². The van der Waals surface area contributed by atoms with Crippen molar-refractivity contribution in [1.29, 1.82) is 0 Å². The summed E-state index contributed by atoms with van der Waals surface area (Å²) in [5.41, 5.74) is 15.9. The second-order valence-corrected chi connectivity index (χ2v) is 2.80. The van der Waals surface area contributed by atoms with Crippen molar-refractivity contribution in [1.82, 2.24) is 0 Å². The molecule has 6 nitrogen and oxygen atoms in total. The third kappa shape index (κ3) is 2.19. The lowest BCUT2D eigenvalue weighted by Gasteiger charge is -2.01. The van der Waals surface area contributed by atoms with Gasteiger partial charge in [-0.3, -0.25) is 15.3 Å². The lowest BCUT2D eigenvalue weighted by molar-refractivity contribution is -0.670. The number of nitrogens with two attached hydrogens (primary N) is 3. The summed E-state index contributed by atoms with van der Waals surface area (Å²) in [6.07, 6.45) is 1.39. The van der Waals surface area contributed by atoms with Crippen LogP contribution in [0, 0.1) is 0 Å². The van der Waals surface area contributed by atoms with E-state index in [2.05, 4.69) is 0 Å². The molecule has 0 aromatic carbocycles. The molecule has 6 heteroatoms. The van der Waals surface area contributed by atoms with Gasteiger partial charge < -0.3 is 11.5 Å². The minimum atomic E-state index is -0.580. The molecule has 0 bridgehead atoms. The van der Waals surface area contributed by atoms with E-state index in [0.717, 1.165) is 0 Å². The molecule has 6 N–H and O–H groups in total. The van der Waals surface area contributed by atoms with Gasteiger partial charge in [0, 0.05) is 6.07 Å². The molecule has 1 rings (SSSR count). The van der Waals surface area contributed by atoms with E-state index in [1.165, 1.54) is 22.9 Å². The molecule has 0 spiro atoms. The van der Waals surface area contributed by atoms with E-state index < -0.39 is 11.8 Å². The van der Waals surface area contributed by atoms with Gasteiger partial charge in [-0.1, -0.05) is 0 Å². The standard InChI is InChI=1S/C8H10N4O2/c9-6-2-1-5(8(11)14)3-12(6)4-7(10)13/h1-3,9H,4H2,(H4,10,11,13,14)/p+1. The number of rotatable bonds is 3. The highest BCUT2D eigenvalue weighted by Crippen LogP contribution is 1.98. The van der Waals surface area contributed by atoms with Crippen LogP contribution in [0.15, 0.2) is 18.3 Å². The second-order valence-electron chi connectivity index (χ2n) is 2.80. The zero-order valence-corrected chi connectivity index (χ0v) is 7.43. The van der Waals surface area contributed by atoms with Crippen LogP contribution in [0.2, 0.25) is 0 Å². The van der Waals surface area contributed by atoms with E-state index >= 15 is 0 Å². The molecular formula is C8H11N4O2+. The molecule has 0 aliphatic rings. The number of nitrogen functional groups attached to an aromatic ring is 1. The first-order valence-corrected chi connectivity index (χ1v) is 3.88. The third-order valence-electron chi connectivity index (χ3n) is 1.67. The molecule has 0 aliphatic carbocycles. The Balaban J connectivity index is 3.08. The molecule has 2 amide bonds. The average molecular weight is 195 g/mol. The lowest BCUT2D eigenvalue weighted by Crippen LogP contribution is -2.43. The fourth-order valence-electron chi connectivity index (χ4n) is 1.01. The Kier molecular flexibility index (Phi) is 2.66. The molecule has 14 heavy (non-hydrogen) atoms. The molecule has 74 valence electrons. The van der Waals surface area contributed by atoms with Crippen molar-refractivity contribution in [3.8, 4) is 0 Å². The van der Waals surface area contributed by atoms with Gasteiger partial charge in [0.2, 0.25) is 0 Å². The summed E-state index contributed by atoms with van der Waals surface area (Å²) in [5, 5.41) is 0. The molecule has 1 aromatic heterocycles. The van der Waals surface area contributed by atoms with Gasteiger partial charge in [-0.2, -0.15) is 0 Å². The maximum Gasteiger partial charge on any atom is 0.272 e. The maximum atomic E-state index is 10.8. The summed E-state index contributed by atoms with van der Waals surface area (Å²) >= 11 is 0. The molecule has 0 atom stereocenters. The SMILES string of the molecule is NC(=O)C[n+]1cc(C(N)=O)ccc1N. The van der Waals surface area contributed by atoms with Crippen molar-refractivity contribution < 1.29 is 14.2 Å². The van der Waals surface area contributed by atoms with Crippen LogP contribution in [0.3, 0.4) is 0 Å². The number of nitrogens with zero attached hydrogens (tertiary/aromatic N) is 1. The first kappa shape index (κ1) is 9.97. The van der Waals surface area contributed by atoms with Crippen LogP contribution in [-0.2, 0) is 11.3 Å². The average Bonchev–Trinajstić information content (AvgIpc) is 2.07. The Hall–Kier alpha value is -2.11. The normalized spacial score (nSPS) is 9.71. The van der Waals surface area contributed by atoms with Gasteiger partial charge in [-0.15, -0.1) is 0 Å². The molecule has 0 unspecified atom stereocenters. The van der Waals surface area contributed by atoms with E-state index in [4.69, 9.17) is 17.2 Å². The summed E-state index contributed by atoms with van der Waals surface area (Å²) in [6.45, 7) is -0.0764. The van der Waals surface area contributed by atoms with Crippen LogP contribution < -0.4 is 21.8 Å².